The number of hydrogen-bond donors (Lipinski definition) is 0. The molecule has 0 aromatic carbocycles. The van der Waals surface area contributed by atoms with Crippen LogP contribution in [0.15, 0.2) is 31.1 Å². The molecule has 0 saturated heterocycles. The molecule has 56 valence electrons. The van der Waals surface area contributed by atoms with Crippen molar-refractivity contribution in [2.75, 3.05) is 0 Å². The number of nitrogens with zero attached hydrogens (tertiary/aromatic N) is 2. The fraction of sp³-hybridized carbons (Fsp3) is 0.143. The minimum Gasteiger partial charge on any atom is -0.262 e. The van der Waals surface area contributed by atoms with Crippen molar-refractivity contribution >= 4 is 40.0 Å². The zero-order valence-electron chi connectivity index (χ0n) is 5.46. The Morgan fingerprint density at radius 3 is 3.09 bits per heavy atom. The standard InChI is InChI=1S/C7H4BrClN2/c8-5-3-11-7-4(6(5)9)1-2-10-7/h1-3,7H/t7-/m0/s1. The second kappa shape index (κ2) is 2.57. The quantitative estimate of drug-likeness (QED) is 0.611. The number of fused-ring (bicyclic) bond motifs is 1. The molecule has 2 heterocycles. The van der Waals surface area contributed by atoms with Gasteiger partial charge in [-0.3, -0.25) is 9.98 Å². The lowest BCUT2D eigenvalue weighted by atomic mass is 10.2. The van der Waals surface area contributed by atoms with E-state index in [-0.39, 0.29) is 6.17 Å². The molecule has 2 aliphatic heterocycles. The van der Waals surface area contributed by atoms with Gasteiger partial charge in [0.1, 0.15) is 0 Å². The van der Waals surface area contributed by atoms with Crippen molar-refractivity contribution in [3.8, 4) is 0 Å². The predicted molar refractivity (Wildman–Crippen MR) is 50.7 cm³/mol. The molecular formula is C7H4BrClN2. The van der Waals surface area contributed by atoms with Gasteiger partial charge in [-0.05, 0) is 22.0 Å². The number of hydrogen-bond acceptors (Lipinski definition) is 2. The van der Waals surface area contributed by atoms with Crippen LogP contribution in [0.1, 0.15) is 0 Å². The van der Waals surface area contributed by atoms with Crippen LogP contribution in [0.4, 0.5) is 0 Å². The van der Waals surface area contributed by atoms with Gasteiger partial charge in [-0.1, -0.05) is 11.6 Å². The van der Waals surface area contributed by atoms with Gasteiger partial charge in [0.2, 0.25) is 0 Å². The fourth-order valence-electron chi connectivity index (χ4n) is 1.01. The Balaban J connectivity index is 2.48. The van der Waals surface area contributed by atoms with Crippen LogP contribution in [0, 0.1) is 0 Å². The second-order valence-electron chi connectivity index (χ2n) is 2.23. The first-order valence-corrected chi connectivity index (χ1v) is 4.28. The van der Waals surface area contributed by atoms with Crippen LogP contribution in [0.25, 0.3) is 0 Å². The minimum atomic E-state index is -0.0937. The molecule has 0 unspecified atom stereocenters. The third kappa shape index (κ3) is 1.08. The lowest BCUT2D eigenvalue weighted by molar-refractivity contribution is 0.858. The van der Waals surface area contributed by atoms with Crippen molar-refractivity contribution in [2.24, 2.45) is 9.98 Å². The van der Waals surface area contributed by atoms with Crippen molar-refractivity contribution < 1.29 is 0 Å². The van der Waals surface area contributed by atoms with E-state index in [1.54, 1.807) is 12.4 Å². The van der Waals surface area contributed by atoms with Gasteiger partial charge in [-0.15, -0.1) is 0 Å². The molecule has 2 aliphatic rings. The minimum absolute atomic E-state index is 0.0937. The Hall–Kier alpha value is -0.410. The van der Waals surface area contributed by atoms with Crippen LogP contribution in [-0.4, -0.2) is 18.6 Å². The molecule has 0 aromatic rings. The molecule has 0 amide bonds. The van der Waals surface area contributed by atoms with Gasteiger partial charge in [-0.2, -0.15) is 0 Å². The van der Waals surface area contributed by atoms with Gasteiger partial charge in [0.15, 0.2) is 6.17 Å². The second-order valence-corrected chi connectivity index (χ2v) is 3.47. The largest absolute Gasteiger partial charge is 0.262 e. The number of rotatable bonds is 0. The molecule has 0 fully saturated rings. The van der Waals surface area contributed by atoms with Crippen LogP contribution < -0.4 is 0 Å². The number of halogens is 2. The first-order valence-electron chi connectivity index (χ1n) is 3.11. The summed E-state index contributed by atoms with van der Waals surface area (Å²) in [6.45, 7) is 0. The van der Waals surface area contributed by atoms with Crippen molar-refractivity contribution in [3.63, 3.8) is 0 Å². The highest BCUT2D eigenvalue weighted by molar-refractivity contribution is 9.12. The summed E-state index contributed by atoms with van der Waals surface area (Å²) in [5.74, 6) is 0. The maximum atomic E-state index is 5.96. The Labute approximate surface area is 77.5 Å². The predicted octanol–water partition coefficient (Wildman–Crippen LogP) is 2.25. The summed E-state index contributed by atoms with van der Waals surface area (Å²) in [6.07, 6.45) is 5.20. The summed E-state index contributed by atoms with van der Waals surface area (Å²) in [7, 11) is 0. The zero-order valence-corrected chi connectivity index (χ0v) is 7.80. The van der Waals surface area contributed by atoms with E-state index >= 15 is 0 Å². The van der Waals surface area contributed by atoms with E-state index in [1.165, 1.54) is 0 Å². The Bertz CT molecular complexity index is 314. The third-order valence-electron chi connectivity index (χ3n) is 1.55. The van der Waals surface area contributed by atoms with Crippen LogP contribution in [-0.2, 0) is 0 Å². The van der Waals surface area contributed by atoms with Gasteiger partial charge < -0.3 is 0 Å². The maximum absolute atomic E-state index is 5.96. The van der Waals surface area contributed by atoms with Gasteiger partial charge >= 0.3 is 0 Å². The fourth-order valence-corrected chi connectivity index (χ4v) is 1.56. The lowest BCUT2D eigenvalue weighted by Gasteiger charge is -2.12. The van der Waals surface area contributed by atoms with Crippen LogP contribution in [0.5, 0.6) is 0 Å². The molecule has 0 aromatic heterocycles. The van der Waals surface area contributed by atoms with Crippen LogP contribution >= 0.6 is 27.5 Å². The summed E-state index contributed by atoms with van der Waals surface area (Å²) in [5.41, 5.74) is 0.973. The number of dihydropyridines is 1. The molecule has 11 heavy (non-hydrogen) atoms. The summed E-state index contributed by atoms with van der Waals surface area (Å²) < 4.78 is 0.826. The maximum Gasteiger partial charge on any atom is 0.166 e. The molecule has 2 nitrogen and oxygen atoms in total. The van der Waals surface area contributed by atoms with Crippen LogP contribution in [0.2, 0.25) is 0 Å². The van der Waals surface area contributed by atoms with Gasteiger partial charge in [0, 0.05) is 18.0 Å². The van der Waals surface area contributed by atoms with Crippen molar-refractivity contribution in [3.05, 3.63) is 21.2 Å². The van der Waals surface area contributed by atoms with Gasteiger partial charge in [-0.25, -0.2) is 0 Å². The number of allylic oxidation sites excluding steroid dienone is 2. The van der Waals surface area contributed by atoms with E-state index < -0.39 is 0 Å². The molecule has 1 atom stereocenters. The van der Waals surface area contributed by atoms with Crippen LogP contribution in [0.3, 0.4) is 0 Å². The summed E-state index contributed by atoms with van der Waals surface area (Å²) in [6, 6.07) is 0. The SMILES string of the molecule is ClC1=C(Br)C=N[C@@H]2N=CC=C12. The summed E-state index contributed by atoms with van der Waals surface area (Å²) in [4.78, 5) is 8.23. The smallest absolute Gasteiger partial charge is 0.166 e. The average Bonchev–Trinajstić information content (AvgIpc) is 2.45. The normalized spacial score (nSPS) is 27.5. The van der Waals surface area contributed by atoms with E-state index in [2.05, 4.69) is 25.9 Å². The first kappa shape index (κ1) is 7.25. The molecule has 0 spiro atoms. The monoisotopic (exact) mass is 230 g/mol. The molecule has 0 bridgehead atoms. The van der Waals surface area contributed by atoms with Gasteiger partial charge in [0.05, 0.1) is 9.51 Å². The molecule has 0 N–H and O–H groups in total. The highest BCUT2D eigenvalue weighted by Gasteiger charge is 2.22. The highest BCUT2D eigenvalue weighted by atomic mass is 79.9. The average molecular weight is 231 g/mol. The van der Waals surface area contributed by atoms with Crippen molar-refractivity contribution in [1.29, 1.82) is 0 Å². The molecule has 4 heteroatoms. The Morgan fingerprint density at radius 2 is 2.27 bits per heavy atom. The Morgan fingerprint density at radius 1 is 1.45 bits per heavy atom. The molecule has 0 aliphatic carbocycles. The van der Waals surface area contributed by atoms with Gasteiger partial charge in [0.25, 0.3) is 0 Å². The van der Waals surface area contributed by atoms with E-state index in [4.69, 9.17) is 11.6 Å². The van der Waals surface area contributed by atoms with Crippen molar-refractivity contribution in [2.45, 2.75) is 6.17 Å². The van der Waals surface area contributed by atoms with E-state index in [0.29, 0.717) is 5.03 Å². The topological polar surface area (TPSA) is 24.7 Å². The van der Waals surface area contributed by atoms with E-state index in [1.807, 2.05) is 6.08 Å². The molecular weight excluding hydrogens is 227 g/mol. The molecule has 0 radical (unpaired) electrons. The molecule has 0 saturated carbocycles. The zero-order chi connectivity index (χ0) is 7.84. The van der Waals surface area contributed by atoms with E-state index in [0.717, 1.165) is 10.1 Å². The number of aliphatic imine (C=N–C) groups is 2. The summed E-state index contributed by atoms with van der Waals surface area (Å²) >= 11 is 9.25. The van der Waals surface area contributed by atoms with E-state index in [9.17, 15) is 0 Å². The lowest BCUT2D eigenvalue weighted by Crippen LogP contribution is -2.07. The first-order chi connectivity index (χ1) is 5.29. The van der Waals surface area contributed by atoms with Crippen molar-refractivity contribution in [1.82, 2.24) is 0 Å². The highest BCUT2D eigenvalue weighted by Crippen LogP contribution is 2.31. The molecule has 2 rings (SSSR count). The Kier molecular flexibility index (Phi) is 1.69. The summed E-state index contributed by atoms with van der Waals surface area (Å²) in [5, 5.41) is 0.711. The third-order valence-corrected chi connectivity index (χ3v) is 2.80.